The second-order valence-corrected chi connectivity index (χ2v) is 10.4. The van der Waals surface area contributed by atoms with Gasteiger partial charge >= 0.3 is 16.3 Å². The fourth-order valence-electron chi connectivity index (χ4n) is 3.26. The predicted molar refractivity (Wildman–Crippen MR) is 124 cm³/mol. The number of oxime groups is 1. The SMILES string of the molecule is CNCc1cnn(C[C@@H]2[C@H](CC(=O)/C(=N\OC(C)(C)C(=O)O)c3csc(N)n3)C(=O)N2S(=O)(=O)O)n1. The zero-order chi connectivity index (χ0) is 26.8. The van der Waals surface area contributed by atoms with Crippen LogP contribution in [0.1, 0.15) is 31.7 Å². The summed E-state index contributed by atoms with van der Waals surface area (Å²) in [5, 5.41) is 25.5. The summed E-state index contributed by atoms with van der Waals surface area (Å²) in [6.45, 7) is 2.58. The molecule has 0 spiro atoms. The fraction of sp³-hybridized carbons (Fsp3) is 0.500. The number of carbonyl (C=O) groups is 3. The van der Waals surface area contributed by atoms with Gasteiger partial charge in [0.1, 0.15) is 5.69 Å². The lowest BCUT2D eigenvalue weighted by Crippen LogP contribution is -2.64. The fourth-order valence-corrected chi connectivity index (χ4v) is 4.73. The van der Waals surface area contributed by atoms with E-state index in [2.05, 4.69) is 25.7 Å². The number of anilines is 1. The van der Waals surface area contributed by atoms with Crippen molar-refractivity contribution in [2.24, 2.45) is 11.1 Å². The monoisotopic (exact) mass is 544 g/mol. The highest BCUT2D eigenvalue weighted by Crippen LogP contribution is 2.33. The van der Waals surface area contributed by atoms with Crippen LogP contribution in [0.2, 0.25) is 0 Å². The molecule has 5 N–H and O–H groups in total. The molecular formula is C18H24N8O8S2. The van der Waals surface area contributed by atoms with Crippen LogP contribution >= 0.6 is 11.3 Å². The van der Waals surface area contributed by atoms with Gasteiger partial charge in [-0.05, 0) is 20.9 Å². The van der Waals surface area contributed by atoms with Gasteiger partial charge in [-0.3, -0.25) is 14.1 Å². The van der Waals surface area contributed by atoms with E-state index in [0.717, 1.165) is 16.1 Å². The minimum absolute atomic E-state index is 0.0101. The molecule has 0 aliphatic carbocycles. The van der Waals surface area contributed by atoms with Crippen LogP contribution in [0.25, 0.3) is 0 Å². The molecule has 2 atom stereocenters. The van der Waals surface area contributed by atoms with Crippen molar-refractivity contribution in [1.29, 1.82) is 0 Å². The number of nitrogen functional groups attached to an aromatic ring is 1. The summed E-state index contributed by atoms with van der Waals surface area (Å²) in [5.74, 6) is -4.34. The Hall–Kier alpha value is -3.48. The highest BCUT2D eigenvalue weighted by Gasteiger charge is 2.54. The summed E-state index contributed by atoms with van der Waals surface area (Å²) in [4.78, 5) is 47.3. The number of nitrogens with one attached hydrogen (secondary N) is 1. The molecule has 0 saturated carbocycles. The van der Waals surface area contributed by atoms with Crippen molar-refractivity contribution >= 4 is 50.1 Å². The van der Waals surface area contributed by atoms with E-state index in [4.69, 9.17) is 10.6 Å². The number of hydrogen-bond acceptors (Lipinski definition) is 13. The molecule has 2 aromatic heterocycles. The zero-order valence-corrected chi connectivity index (χ0v) is 21.0. The topological polar surface area (TPSA) is 232 Å². The number of rotatable bonds is 12. The molecule has 2 aromatic rings. The number of nitrogens with two attached hydrogens (primary N) is 1. The Morgan fingerprint density at radius 3 is 2.64 bits per heavy atom. The average Bonchev–Trinajstić information content (AvgIpc) is 3.39. The molecule has 3 heterocycles. The summed E-state index contributed by atoms with van der Waals surface area (Å²) in [5.41, 5.74) is 3.98. The van der Waals surface area contributed by atoms with E-state index >= 15 is 0 Å². The van der Waals surface area contributed by atoms with Gasteiger partial charge in [0.05, 0.1) is 30.4 Å². The van der Waals surface area contributed by atoms with Crippen molar-refractivity contribution < 1.29 is 37.3 Å². The Kier molecular flexibility index (Phi) is 7.72. The number of amides is 1. The van der Waals surface area contributed by atoms with Crippen molar-refractivity contribution in [2.45, 2.75) is 45.0 Å². The van der Waals surface area contributed by atoms with E-state index in [1.807, 2.05) is 0 Å². The van der Waals surface area contributed by atoms with Crippen LogP contribution in [0.15, 0.2) is 16.7 Å². The van der Waals surface area contributed by atoms with Crippen molar-refractivity contribution in [3.8, 4) is 0 Å². The number of aromatic nitrogens is 4. The van der Waals surface area contributed by atoms with Gasteiger partial charge in [0, 0.05) is 18.3 Å². The van der Waals surface area contributed by atoms with Crippen LogP contribution < -0.4 is 11.1 Å². The molecule has 0 aromatic carbocycles. The van der Waals surface area contributed by atoms with Crippen molar-refractivity contribution in [1.82, 2.24) is 29.6 Å². The number of carboxylic acid groups (broad SMARTS) is 1. The first kappa shape index (κ1) is 27.1. The number of thiazole rings is 1. The van der Waals surface area contributed by atoms with Gasteiger partial charge in [-0.15, -0.1) is 11.3 Å². The van der Waals surface area contributed by atoms with Crippen LogP contribution in [0, 0.1) is 5.92 Å². The summed E-state index contributed by atoms with van der Waals surface area (Å²) in [6, 6.07) is -1.18. The largest absolute Gasteiger partial charge is 0.478 e. The molecule has 18 heteroatoms. The number of nitrogens with zero attached hydrogens (tertiary/aromatic N) is 6. The van der Waals surface area contributed by atoms with E-state index in [1.54, 1.807) is 7.05 Å². The molecule has 1 aliphatic heterocycles. The number of carbonyl (C=O) groups excluding carboxylic acids is 2. The van der Waals surface area contributed by atoms with Crippen LogP contribution in [0.3, 0.4) is 0 Å². The van der Waals surface area contributed by atoms with Gasteiger partial charge in [-0.2, -0.15) is 23.4 Å². The lowest BCUT2D eigenvalue weighted by atomic mass is 9.84. The Morgan fingerprint density at radius 1 is 1.39 bits per heavy atom. The molecular weight excluding hydrogens is 520 g/mol. The molecule has 1 aliphatic rings. The molecule has 3 rings (SSSR count). The van der Waals surface area contributed by atoms with Crippen molar-refractivity contribution in [3.05, 3.63) is 23.0 Å². The number of β-lactam (4-membered cyclic amide) rings is 1. The Bertz CT molecular complexity index is 1300. The molecule has 1 fully saturated rings. The first-order valence-electron chi connectivity index (χ1n) is 10.3. The second kappa shape index (κ2) is 10.2. The third-order valence-corrected chi connectivity index (χ3v) is 6.78. The van der Waals surface area contributed by atoms with E-state index in [-0.39, 0.29) is 21.7 Å². The molecule has 0 bridgehead atoms. The molecule has 36 heavy (non-hydrogen) atoms. The molecule has 0 unspecified atom stereocenters. The summed E-state index contributed by atoms with van der Waals surface area (Å²) in [7, 11) is -3.22. The highest BCUT2D eigenvalue weighted by molar-refractivity contribution is 7.84. The molecule has 196 valence electrons. The normalized spacial score (nSPS) is 18.7. The number of aliphatic carboxylic acids is 1. The van der Waals surface area contributed by atoms with Gasteiger partial charge in [-0.1, -0.05) is 5.16 Å². The van der Waals surface area contributed by atoms with Gasteiger partial charge in [0.15, 0.2) is 16.6 Å². The van der Waals surface area contributed by atoms with Crippen molar-refractivity contribution in [3.63, 3.8) is 0 Å². The van der Waals surface area contributed by atoms with Gasteiger partial charge < -0.3 is 21.0 Å². The van der Waals surface area contributed by atoms with Gasteiger partial charge in [0.25, 0.3) is 0 Å². The van der Waals surface area contributed by atoms with E-state index in [9.17, 15) is 32.5 Å². The lowest BCUT2D eigenvalue weighted by Gasteiger charge is -2.43. The van der Waals surface area contributed by atoms with Crippen LogP contribution in [-0.4, -0.2) is 84.4 Å². The van der Waals surface area contributed by atoms with Crippen molar-refractivity contribution in [2.75, 3.05) is 12.8 Å². The van der Waals surface area contributed by atoms with Crippen LogP contribution in [-0.2, 0) is 42.6 Å². The summed E-state index contributed by atoms with van der Waals surface area (Å²) < 4.78 is 33.4. The predicted octanol–water partition coefficient (Wildman–Crippen LogP) is -1.09. The number of carboxylic acids is 1. The third-order valence-electron chi connectivity index (χ3n) is 5.16. The quantitative estimate of drug-likeness (QED) is 0.108. The number of Topliss-reactive ketones (excluding diaryl/α,β-unsaturated/α-hetero) is 1. The standard InChI is InChI=1S/C18H24N8O8S2/c1-18(2,16(29)30)34-24-14(11-8-35-17(19)22-11)13(27)4-10-12(26(15(10)28)36(31,32)33)7-25-21-6-9(23-25)5-20-3/h6,8,10,12,20H,4-5,7H2,1-3H3,(H2,19,22)(H,29,30)(H,31,32,33)/b24-14-/t10-,12+/m0/s1. The third kappa shape index (κ3) is 5.83. The van der Waals surface area contributed by atoms with E-state index in [1.165, 1.54) is 25.4 Å². The van der Waals surface area contributed by atoms with E-state index in [0.29, 0.717) is 12.2 Å². The Morgan fingerprint density at radius 2 is 2.08 bits per heavy atom. The minimum Gasteiger partial charge on any atom is -0.478 e. The molecule has 1 amide bonds. The maximum absolute atomic E-state index is 13.2. The Balaban J connectivity index is 1.88. The van der Waals surface area contributed by atoms with Crippen LogP contribution in [0.5, 0.6) is 0 Å². The highest BCUT2D eigenvalue weighted by atomic mass is 32.2. The van der Waals surface area contributed by atoms with Crippen LogP contribution in [0.4, 0.5) is 5.13 Å². The smallest absolute Gasteiger partial charge is 0.362 e. The first-order chi connectivity index (χ1) is 16.7. The molecule has 1 saturated heterocycles. The summed E-state index contributed by atoms with van der Waals surface area (Å²) in [6.07, 6.45) is 0.890. The maximum Gasteiger partial charge on any atom is 0.362 e. The molecule has 0 radical (unpaired) electrons. The second-order valence-electron chi connectivity index (χ2n) is 8.25. The zero-order valence-electron chi connectivity index (χ0n) is 19.4. The first-order valence-corrected chi connectivity index (χ1v) is 12.6. The van der Waals surface area contributed by atoms with Gasteiger partial charge in [0.2, 0.25) is 11.5 Å². The number of ketones is 1. The lowest BCUT2D eigenvalue weighted by molar-refractivity contribution is -0.161. The minimum atomic E-state index is -4.92. The number of hydrogen-bond donors (Lipinski definition) is 4. The maximum atomic E-state index is 13.2. The Labute approximate surface area is 209 Å². The van der Waals surface area contributed by atoms with E-state index < -0.39 is 57.7 Å². The summed E-state index contributed by atoms with van der Waals surface area (Å²) >= 11 is 0.991. The van der Waals surface area contributed by atoms with Gasteiger partial charge in [-0.25, -0.2) is 14.1 Å². The average molecular weight is 545 g/mol. The molecule has 16 nitrogen and oxygen atoms in total.